The summed E-state index contributed by atoms with van der Waals surface area (Å²) in [5.74, 6) is 0.676. The van der Waals surface area contributed by atoms with E-state index in [1.54, 1.807) is 11.8 Å². The Bertz CT molecular complexity index is 899. The summed E-state index contributed by atoms with van der Waals surface area (Å²) in [5, 5.41) is 3.66. The van der Waals surface area contributed by atoms with Gasteiger partial charge in [0.2, 0.25) is 10.0 Å². The Kier molecular flexibility index (Phi) is 5.38. The number of rotatable bonds is 4. The smallest absolute Gasteiger partial charge is 0.251 e. The van der Waals surface area contributed by atoms with Crippen molar-refractivity contribution in [3.63, 3.8) is 0 Å². The fraction of sp³-hybridized carbons (Fsp3) is 0.235. The first-order chi connectivity index (χ1) is 11.9. The van der Waals surface area contributed by atoms with E-state index in [1.807, 2.05) is 18.2 Å². The molecule has 1 amide bonds. The Balaban J connectivity index is 1.79. The lowest BCUT2D eigenvalue weighted by molar-refractivity contribution is 0.0935. The number of amides is 1. The van der Waals surface area contributed by atoms with Crippen molar-refractivity contribution in [1.82, 2.24) is 10.0 Å². The molecule has 2 N–H and O–H groups in total. The molecule has 0 radical (unpaired) electrons. The number of halogens is 1. The normalized spacial score (nSPS) is 17.0. The third kappa shape index (κ3) is 4.00. The molecule has 1 atom stereocenters. The highest BCUT2D eigenvalue weighted by atomic mass is 35.5. The Morgan fingerprint density at radius 1 is 1.20 bits per heavy atom. The summed E-state index contributed by atoms with van der Waals surface area (Å²) in [6.45, 7) is 0. The molecule has 0 saturated heterocycles. The van der Waals surface area contributed by atoms with Gasteiger partial charge in [-0.05, 0) is 61.5 Å². The van der Waals surface area contributed by atoms with Crippen LogP contribution < -0.4 is 10.0 Å². The summed E-state index contributed by atoms with van der Waals surface area (Å²) in [6.07, 6.45) is 0.815. The second kappa shape index (κ2) is 7.37. The number of hydrogen-bond acceptors (Lipinski definition) is 4. The van der Waals surface area contributed by atoms with Gasteiger partial charge in [0.15, 0.2) is 0 Å². The number of benzene rings is 2. The number of thioether (sulfide) groups is 1. The second-order valence-electron chi connectivity index (χ2n) is 5.58. The maximum absolute atomic E-state index is 12.5. The number of sulfonamides is 1. The summed E-state index contributed by atoms with van der Waals surface area (Å²) in [7, 11) is -2.16. The van der Waals surface area contributed by atoms with Crippen LogP contribution in [0.1, 0.15) is 28.4 Å². The molecule has 1 heterocycles. The van der Waals surface area contributed by atoms with Crippen molar-refractivity contribution in [3.05, 3.63) is 58.6 Å². The van der Waals surface area contributed by atoms with Crippen LogP contribution in [-0.4, -0.2) is 27.1 Å². The average molecular weight is 397 g/mol. The van der Waals surface area contributed by atoms with Crippen LogP contribution in [0, 0.1) is 0 Å². The molecule has 0 bridgehead atoms. The summed E-state index contributed by atoms with van der Waals surface area (Å²) in [6, 6.07) is 11.5. The largest absolute Gasteiger partial charge is 0.345 e. The van der Waals surface area contributed by atoms with Crippen LogP contribution >= 0.6 is 23.4 Å². The molecule has 1 aliphatic heterocycles. The fourth-order valence-electron chi connectivity index (χ4n) is 2.66. The van der Waals surface area contributed by atoms with Crippen molar-refractivity contribution in [2.45, 2.75) is 22.3 Å². The SMILES string of the molecule is CNS(=O)(=O)c1ccc(C(=O)NC2CCSc3ccc(Cl)cc32)cc1. The van der Waals surface area contributed by atoms with E-state index >= 15 is 0 Å². The lowest BCUT2D eigenvalue weighted by Gasteiger charge is -2.26. The van der Waals surface area contributed by atoms with E-state index in [4.69, 9.17) is 11.6 Å². The maximum Gasteiger partial charge on any atom is 0.251 e. The Morgan fingerprint density at radius 3 is 2.60 bits per heavy atom. The first-order valence-corrected chi connectivity index (χ1v) is 10.5. The number of hydrogen-bond donors (Lipinski definition) is 2. The van der Waals surface area contributed by atoms with Crippen LogP contribution in [0.2, 0.25) is 5.02 Å². The molecule has 132 valence electrons. The van der Waals surface area contributed by atoms with Gasteiger partial charge in [-0.1, -0.05) is 11.6 Å². The summed E-state index contributed by atoms with van der Waals surface area (Å²) in [4.78, 5) is 13.8. The van der Waals surface area contributed by atoms with Crippen LogP contribution in [0.25, 0.3) is 0 Å². The van der Waals surface area contributed by atoms with E-state index in [0.29, 0.717) is 10.6 Å². The molecule has 0 spiro atoms. The van der Waals surface area contributed by atoms with E-state index in [9.17, 15) is 13.2 Å². The zero-order valence-corrected chi connectivity index (χ0v) is 15.8. The molecule has 0 saturated carbocycles. The van der Waals surface area contributed by atoms with Crippen molar-refractivity contribution in [2.75, 3.05) is 12.8 Å². The van der Waals surface area contributed by atoms with Gasteiger partial charge in [0.25, 0.3) is 5.91 Å². The van der Waals surface area contributed by atoms with Crippen LogP contribution in [0.5, 0.6) is 0 Å². The summed E-state index contributed by atoms with van der Waals surface area (Å²) >= 11 is 7.83. The Morgan fingerprint density at radius 2 is 1.92 bits per heavy atom. The molecule has 2 aromatic rings. The van der Waals surface area contributed by atoms with Gasteiger partial charge >= 0.3 is 0 Å². The minimum absolute atomic E-state index is 0.108. The summed E-state index contributed by atoms with van der Waals surface area (Å²) in [5.41, 5.74) is 1.43. The van der Waals surface area contributed by atoms with E-state index in [2.05, 4.69) is 10.0 Å². The van der Waals surface area contributed by atoms with Gasteiger partial charge in [-0.15, -0.1) is 11.8 Å². The standard InChI is InChI=1S/C17H17ClN2O3S2/c1-19-25(22,23)13-5-2-11(3-6-13)17(21)20-15-8-9-24-16-7-4-12(18)10-14(15)16/h2-7,10,15,19H,8-9H2,1H3,(H,20,21). The number of fused-ring (bicyclic) bond motifs is 1. The first-order valence-electron chi connectivity index (χ1n) is 7.67. The molecule has 1 unspecified atom stereocenters. The van der Waals surface area contributed by atoms with Crippen molar-refractivity contribution >= 4 is 39.3 Å². The summed E-state index contributed by atoms with van der Waals surface area (Å²) < 4.78 is 25.7. The molecule has 2 aromatic carbocycles. The molecular formula is C17H17ClN2O3S2. The average Bonchev–Trinajstić information content (AvgIpc) is 2.62. The zero-order valence-electron chi connectivity index (χ0n) is 13.5. The minimum Gasteiger partial charge on any atom is -0.345 e. The van der Waals surface area contributed by atoms with Crippen LogP contribution in [0.15, 0.2) is 52.3 Å². The van der Waals surface area contributed by atoms with Gasteiger partial charge in [0.05, 0.1) is 10.9 Å². The first kappa shape index (κ1) is 18.3. The third-order valence-corrected chi connectivity index (χ3v) is 6.80. The third-order valence-electron chi connectivity index (χ3n) is 4.01. The van der Waals surface area contributed by atoms with Crippen LogP contribution in [0.4, 0.5) is 0 Å². The zero-order chi connectivity index (χ0) is 18.0. The molecule has 1 aliphatic rings. The van der Waals surface area contributed by atoms with E-state index in [1.165, 1.54) is 31.3 Å². The molecule has 0 aromatic heterocycles. The molecule has 0 aliphatic carbocycles. The van der Waals surface area contributed by atoms with Crippen molar-refractivity contribution in [2.24, 2.45) is 0 Å². The van der Waals surface area contributed by atoms with Crippen molar-refractivity contribution < 1.29 is 13.2 Å². The topological polar surface area (TPSA) is 75.3 Å². The number of nitrogens with one attached hydrogen (secondary N) is 2. The van der Waals surface area contributed by atoms with Crippen molar-refractivity contribution in [3.8, 4) is 0 Å². The van der Waals surface area contributed by atoms with Crippen LogP contribution in [-0.2, 0) is 10.0 Å². The number of carbonyl (C=O) groups excluding carboxylic acids is 1. The van der Waals surface area contributed by atoms with Gasteiger partial charge in [-0.3, -0.25) is 4.79 Å². The monoisotopic (exact) mass is 396 g/mol. The van der Waals surface area contributed by atoms with Gasteiger partial charge in [-0.25, -0.2) is 13.1 Å². The Labute approximate surface area is 156 Å². The van der Waals surface area contributed by atoms with Gasteiger partial charge in [-0.2, -0.15) is 0 Å². The quantitative estimate of drug-likeness (QED) is 0.832. The molecule has 5 nitrogen and oxygen atoms in total. The van der Waals surface area contributed by atoms with Gasteiger partial charge in [0, 0.05) is 21.2 Å². The van der Waals surface area contributed by atoms with E-state index in [0.717, 1.165) is 22.6 Å². The predicted molar refractivity (Wildman–Crippen MR) is 99.7 cm³/mol. The number of carbonyl (C=O) groups is 1. The van der Waals surface area contributed by atoms with Crippen molar-refractivity contribution in [1.29, 1.82) is 0 Å². The molecular weight excluding hydrogens is 380 g/mol. The lowest BCUT2D eigenvalue weighted by Crippen LogP contribution is -2.30. The predicted octanol–water partition coefficient (Wildman–Crippen LogP) is 3.22. The molecule has 0 fully saturated rings. The van der Waals surface area contributed by atoms with Crippen LogP contribution in [0.3, 0.4) is 0 Å². The Hall–Kier alpha value is -1.54. The van der Waals surface area contributed by atoms with Gasteiger partial charge < -0.3 is 5.32 Å². The highest BCUT2D eigenvalue weighted by Crippen LogP contribution is 2.37. The van der Waals surface area contributed by atoms with E-state index < -0.39 is 10.0 Å². The highest BCUT2D eigenvalue weighted by Gasteiger charge is 2.23. The molecule has 3 rings (SSSR count). The fourth-order valence-corrected chi connectivity index (χ4v) is 4.68. The maximum atomic E-state index is 12.5. The minimum atomic E-state index is -3.51. The molecule has 8 heteroatoms. The second-order valence-corrected chi connectivity index (χ2v) is 9.04. The van der Waals surface area contributed by atoms with E-state index in [-0.39, 0.29) is 16.8 Å². The lowest BCUT2D eigenvalue weighted by atomic mass is 10.0. The molecule has 25 heavy (non-hydrogen) atoms. The highest BCUT2D eigenvalue weighted by molar-refractivity contribution is 7.99. The van der Waals surface area contributed by atoms with Gasteiger partial charge in [0.1, 0.15) is 0 Å².